The van der Waals surface area contributed by atoms with E-state index in [4.69, 9.17) is 16.3 Å². The van der Waals surface area contributed by atoms with Crippen molar-refractivity contribution in [2.24, 2.45) is 0 Å². The third-order valence-corrected chi connectivity index (χ3v) is 6.37. The number of nitro groups is 1. The Labute approximate surface area is 202 Å². The van der Waals surface area contributed by atoms with Crippen molar-refractivity contribution < 1.29 is 22.8 Å². The number of benzene rings is 3. The average molecular weight is 518 g/mol. The molecule has 0 fully saturated rings. The van der Waals surface area contributed by atoms with Gasteiger partial charge in [-0.1, -0.05) is 41.1 Å². The van der Waals surface area contributed by atoms with E-state index < -0.39 is 28.1 Å². The summed E-state index contributed by atoms with van der Waals surface area (Å²) in [7, 11) is 0. The van der Waals surface area contributed by atoms with Crippen molar-refractivity contribution in [2.45, 2.75) is 6.18 Å². The van der Waals surface area contributed by atoms with Gasteiger partial charge in [-0.3, -0.25) is 14.9 Å². The van der Waals surface area contributed by atoms with Crippen LogP contribution in [0.4, 0.5) is 18.9 Å². The van der Waals surface area contributed by atoms with Gasteiger partial charge in [0.05, 0.1) is 31.1 Å². The average Bonchev–Trinajstić information content (AvgIpc) is 3.31. The summed E-state index contributed by atoms with van der Waals surface area (Å²) in [6.45, 7) is 0. The molecular formula is C23H11ClF3N3O4S. The fourth-order valence-corrected chi connectivity index (χ4v) is 4.71. The molecule has 0 aliphatic carbocycles. The van der Waals surface area contributed by atoms with E-state index in [1.807, 2.05) is 18.2 Å². The zero-order valence-electron chi connectivity index (χ0n) is 17.2. The molecule has 0 saturated carbocycles. The molecule has 0 radical (unpaired) electrons. The first-order valence-corrected chi connectivity index (χ1v) is 11.1. The Kier molecular flexibility index (Phi) is 5.45. The van der Waals surface area contributed by atoms with Gasteiger partial charge in [0.15, 0.2) is 4.96 Å². The molecule has 0 atom stereocenters. The molecule has 0 saturated heterocycles. The molecule has 7 nitrogen and oxygen atoms in total. The molecule has 0 aliphatic rings. The second-order valence-electron chi connectivity index (χ2n) is 7.36. The molecule has 5 aromatic rings. The first-order chi connectivity index (χ1) is 16.6. The van der Waals surface area contributed by atoms with Gasteiger partial charge in [-0.15, -0.1) is 0 Å². The van der Waals surface area contributed by atoms with Gasteiger partial charge in [0.25, 0.3) is 5.56 Å². The van der Waals surface area contributed by atoms with Crippen LogP contribution in [-0.2, 0) is 6.18 Å². The van der Waals surface area contributed by atoms with Crippen molar-refractivity contribution in [3.63, 3.8) is 0 Å². The zero-order valence-corrected chi connectivity index (χ0v) is 18.8. The highest BCUT2D eigenvalue weighted by Gasteiger charge is 2.33. The van der Waals surface area contributed by atoms with Crippen LogP contribution in [0.5, 0.6) is 11.5 Å². The maximum absolute atomic E-state index is 12.9. The van der Waals surface area contributed by atoms with Gasteiger partial charge in [-0.25, -0.2) is 9.38 Å². The van der Waals surface area contributed by atoms with Crippen molar-refractivity contribution in [1.82, 2.24) is 9.38 Å². The van der Waals surface area contributed by atoms with Crippen LogP contribution in [0, 0.1) is 10.1 Å². The molecule has 0 aliphatic heterocycles. The lowest BCUT2D eigenvalue weighted by Crippen LogP contribution is -2.22. The van der Waals surface area contributed by atoms with Crippen LogP contribution >= 0.6 is 22.9 Å². The van der Waals surface area contributed by atoms with Crippen LogP contribution in [0.2, 0.25) is 5.02 Å². The third kappa shape index (κ3) is 4.19. The number of thiazole rings is 1. The van der Waals surface area contributed by atoms with Gasteiger partial charge < -0.3 is 4.74 Å². The van der Waals surface area contributed by atoms with Crippen molar-refractivity contribution >= 4 is 50.7 Å². The van der Waals surface area contributed by atoms with E-state index in [0.29, 0.717) is 38.2 Å². The maximum atomic E-state index is 12.9. The minimum atomic E-state index is -4.74. The Morgan fingerprint density at radius 1 is 1.09 bits per heavy atom. The van der Waals surface area contributed by atoms with Crippen molar-refractivity contribution in [1.29, 1.82) is 0 Å². The molecule has 35 heavy (non-hydrogen) atoms. The summed E-state index contributed by atoms with van der Waals surface area (Å²) in [5, 5.41) is 11.3. The van der Waals surface area contributed by atoms with E-state index in [1.54, 1.807) is 18.2 Å². The summed E-state index contributed by atoms with van der Waals surface area (Å²) < 4.78 is 46.1. The minimum absolute atomic E-state index is 0.000925. The Balaban J connectivity index is 1.49. The lowest BCUT2D eigenvalue weighted by Gasteiger charge is -2.11. The number of hydrogen-bond donors (Lipinski definition) is 0. The third-order valence-electron chi connectivity index (χ3n) is 5.10. The normalized spacial score (nSPS) is 12.5. The lowest BCUT2D eigenvalue weighted by molar-refractivity contribution is -0.385. The van der Waals surface area contributed by atoms with Gasteiger partial charge in [-0.2, -0.15) is 13.2 Å². The number of fused-ring (bicyclic) bond motifs is 3. The topological polar surface area (TPSA) is 86.7 Å². The SMILES string of the molecule is O=c1/c(=C\c2ccc(Oc3ccc(C(F)(F)F)cc3[N+](=O)[O-])c(Cl)c2)sc2nc3ccccc3n12. The van der Waals surface area contributed by atoms with Crippen molar-refractivity contribution in [3.05, 3.63) is 102 Å². The number of nitro benzene ring substituents is 1. The number of halogens is 4. The number of para-hydroxylation sites is 2. The second kappa shape index (κ2) is 8.36. The quantitative estimate of drug-likeness (QED) is 0.221. The van der Waals surface area contributed by atoms with E-state index >= 15 is 0 Å². The minimum Gasteiger partial charge on any atom is -0.449 e. The Morgan fingerprint density at radius 3 is 2.54 bits per heavy atom. The number of ether oxygens (including phenoxy) is 1. The molecular weight excluding hydrogens is 507 g/mol. The summed E-state index contributed by atoms with van der Waals surface area (Å²) in [4.78, 5) is 28.2. The van der Waals surface area contributed by atoms with E-state index in [1.165, 1.54) is 27.9 Å². The van der Waals surface area contributed by atoms with Crippen molar-refractivity contribution in [3.8, 4) is 11.5 Å². The number of alkyl halides is 3. The number of imidazole rings is 1. The molecule has 0 bridgehead atoms. The van der Waals surface area contributed by atoms with Crippen LogP contribution in [-0.4, -0.2) is 14.3 Å². The lowest BCUT2D eigenvalue weighted by atomic mass is 10.1. The number of nitrogens with zero attached hydrogens (tertiary/aromatic N) is 3. The van der Waals surface area contributed by atoms with Gasteiger partial charge in [0.1, 0.15) is 5.75 Å². The van der Waals surface area contributed by atoms with Crippen LogP contribution < -0.4 is 14.8 Å². The summed E-state index contributed by atoms with van der Waals surface area (Å²) in [6.07, 6.45) is -3.12. The van der Waals surface area contributed by atoms with Gasteiger partial charge >= 0.3 is 11.9 Å². The summed E-state index contributed by atoms with van der Waals surface area (Å²) in [5.74, 6) is -0.393. The molecule has 0 amide bonds. The molecule has 5 rings (SSSR count). The zero-order chi connectivity index (χ0) is 24.9. The highest BCUT2D eigenvalue weighted by atomic mass is 35.5. The standard InChI is InChI=1S/C23H11ClF3N3O4S/c24-14-9-12(10-20-21(31)29-16-4-2-1-3-15(16)28-22(29)35-20)5-7-18(14)34-19-8-6-13(23(25,26)27)11-17(19)30(32)33/h1-11H/b20-10+. The molecule has 3 aromatic carbocycles. The molecule has 2 aromatic heterocycles. The summed E-state index contributed by atoms with van der Waals surface area (Å²) in [5.41, 5.74) is -0.300. The Morgan fingerprint density at radius 2 is 1.83 bits per heavy atom. The Bertz CT molecular complexity index is 1750. The maximum Gasteiger partial charge on any atom is 0.416 e. The van der Waals surface area contributed by atoms with E-state index in [0.717, 1.165) is 6.07 Å². The van der Waals surface area contributed by atoms with Gasteiger partial charge in [-0.05, 0) is 48.0 Å². The molecule has 0 N–H and O–H groups in total. The van der Waals surface area contributed by atoms with Crippen LogP contribution in [0.3, 0.4) is 0 Å². The van der Waals surface area contributed by atoms with Crippen molar-refractivity contribution in [2.75, 3.05) is 0 Å². The number of rotatable bonds is 4. The summed E-state index contributed by atoms with van der Waals surface area (Å²) >= 11 is 7.48. The van der Waals surface area contributed by atoms with Gasteiger partial charge in [0.2, 0.25) is 5.75 Å². The predicted molar refractivity (Wildman–Crippen MR) is 125 cm³/mol. The number of hydrogen-bond acceptors (Lipinski definition) is 6. The first-order valence-electron chi connectivity index (χ1n) is 9.86. The fourth-order valence-electron chi connectivity index (χ4n) is 3.49. The second-order valence-corrected chi connectivity index (χ2v) is 8.78. The Hall–Kier alpha value is -3.96. The van der Waals surface area contributed by atoms with Crippen LogP contribution in [0.25, 0.3) is 22.1 Å². The van der Waals surface area contributed by atoms with Gasteiger partial charge in [0, 0.05) is 6.07 Å². The predicted octanol–water partition coefficient (Wildman–Crippen LogP) is 5.83. The molecule has 0 spiro atoms. The highest BCUT2D eigenvalue weighted by molar-refractivity contribution is 7.15. The first kappa shape index (κ1) is 22.8. The van der Waals surface area contributed by atoms with E-state index in [2.05, 4.69) is 4.98 Å². The smallest absolute Gasteiger partial charge is 0.416 e. The van der Waals surface area contributed by atoms with Crippen LogP contribution in [0.1, 0.15) is 11.1 Å². The fraction of sp³-hybridized carbons (Fsp3) is 0.0435. The molecule has 12 heteroatoms. The molecule has 2 heterocycles. The van der Waals surface area contributed by atoms with Crippen LogP contribution in [0.15, 0.2) is 65.5 Å². The monoisotopic (exact) mass is 517 g/mol. The van der Waals surface area contributed by atoms with E-state index in [-0.39, 0.29) is 16.3 Å². The summed E-state index contributed by atoms with van der Waals surface area (Å²) in [6, 6.07) is 13.7. The largest absolute Gasteiger partial charge is 0.449 e. The molecule has 176 valence electrons. The number of aromatic nitrogens is 2. The highest BCUT2D eigenvalue weighted by Crippen LogP contribution is 2.39. The molecule has 0 unspecified atom stereocenters. The van der Waals surface area contributed by atoms with E-state index in [9.17, 15) is 28.1 Å².